The Bertz CT molecular complexity index is 416. The van der Waals surface area contributed by atoms with Gasteiger partial charge in [0.25, 0.3) is 0 Å². The maximum absolute atomic E-state index is 13.5. The van der Waals surface area contributed by atoms with E-state index in [0.717, 1.165) is 3.57 Å². The summed E-state index contributed by atoms with van der Waals surface area (Å²) in [6.45, 7) is 0. The zero-order chi connectivity index (χ0) is 12.1. The average Bonchev–Trinajstić information content (AvgIpc) is 2.16. The predicted molar refractivity (Wildman–Crippen MR) is 72.1 cm³/mol. The van der Waals surface area contributed by atoms with Crippen LogP contribution in [0.2, 0.25) is 0 Å². The van der Waals surface area contributed by atoms with Gasteiger partial charge in [-0.3, -0.25) is 0 Å². The monoisotopic (exact) mass is 399 g/mol. The van der Waals surface area contributed by atoms with E-state index in [-0.39, 0.29) is 5.82 Å². The van der Waals surface area contributed by atoms with Gasteiger partial charge in [-0.2, -0.15) is 5.10 Å². The van der Waals surface area contributed by atoms with Gasteiger partial charge in [-0.1, -0.05) is 15.9 Å². The van der Waals surface area contributed by atoms with Crippen LogP contribution in [0.15, 0.2) is 17.2 Å². The van der Waals surface area contributed by atoms with Gasteiger partial charge in [0, 0.05) is 14.5 Å². The Morgan fingerprint density at radius 3 is 2.88 bits per heavy atom. The molecule has 1 aromatic rings. The van der Waals surface area contributed by atoms with E-state index in [0.29, 0.717) is 16.5 Å². The average molecular weight is 400 g/mol. The Hall–Kier alpha value is -0.700. The van der Waals surface area contributed by atoms with Gasteiger partial charge in [-0.25, -0.2) is 14.6 Å². The number of alkyl halides is 1. The minimum absolute atomic E-state index is 0.315. The first kappa shape index (κ1) is 13.4. The summed E-state index contributed by atoms with van der Waals surface area (Å²) >= 11 is 5.24. The standard InChI is InChI=1S/C9H8BrFIN3O/c10-3-6-7(11)1-5(2-8(6)12)4-14-15-9(13)16/h1-2,4H,3H2,(H3,13,15,16). The molecule has 0 aromatic heterocycles. The highest BCUT2D eigenvalue weighted by Crippen LogP contribution is 2.20. The second-order valence-corrected chi connectivity index (χ2v) is 4.55. The molecular weight excluding hydrogens is 392 g/mol. The normalized spacial score (nSPS) is 10.7. The summed E-state index contributed by atoms with van der Waals surface area (Å²) in [4.78, 5) is 10.3. The SMILES string of the molecule is NC(=O)NN=Cc1cc(F)c(CBr)c(I)c1. The molecule has 2 amide bonds. The number of carbonyl (C=O) groups is 1. The van der Waals surface area contributed by atoms with Gasteiger partial charge in [0.2, 0.25) is 0 Å². The minimum Gasteiger partial charge on any atom is -0.350 e. The number of hydrazone groups is 1. The summed E-state index contributed by atoms with van der Waals surface area (Å²) in [5.74, 6) is -0.315. The van der Waals surface area contributed by atoms with Crippen LogP contribution in [0, 0.1) is 9.39 Å². The Labute approximate surface area is 114 Å². The predicted octanol–water partition coefficient (Wildman–Crippen LogP) is 2.33. The Morgan fingerprint density at radius 1 is 1.69 bits per heavy atom. The highest BCUT2D eigenvalue weighted by Gasteiger charge is 2.06. The van der Waals surface area contributed by atoms with Crippen molar-refractivity contribution >= 4 is 50.8 Å². The minimum atomic E-state index is -0.761. The lowest BCUT2D eigenvalue weighted by Crippen LogP contribution is -2.24. The van der Waals surface area contributed by atoms with Gasteiger partial charge >= 0.3 is 6.03 Å². The number of urea groups is 1. The molecule has 7 heteroatoms. The zero-order valence-electron chi connectivity index (χ0n) is 8.01. The van der Waals surface area contributed by atoms with Crippen LogP contribution in [0.1, 0.15) is 11.1 Å². The zero-order valence-corrected chi connectivity index (χ0v) is 11.7. The maximum Gasteiger partial charge on any atom is 0.332 e. The highest BCUT2D eigenvalue weighted by molar-refractivity contribution is 14.1. The third kappa shape index (κ3) is 3.71. The first-order chi connectivity index (χ1) is 7.54. The van der Waals surface area contributed by atoms with Crippen molar-refractivity contribution in [2.24, 2.45) is 10.8 Å². The molecule has 4 nitrogen and oxygen atoms in total. The number of benzene rings is 1. The molecule has 86 valence electrons. The second-order valence-electron chi connectivity index (χ2n) is 2.83. The van der Waals surface area contributed by atoms with Crippen molar-refractivity contribution in [3.05, 3.63) is 32.6 Å². The number of amides is 2. The molecule has 1 rings (SSSR count). The van der Waals surface area contributed by atoms with Crippen molar-refractivity contribution < 1.29 is 9.18 Å². The van der Waals surface area contributed by atoms with Crippen molar-refractivity contribution in [3.63, 3.8) is 0 Å². The van der Waals surface area contributed by atoms with E-state index >= 15 is 0 Å². The molecule has 0 unspecified atom stereocenters. The summed E-state index contributed by atoms with van der Waals surface area (Å²) in [7, 11) is 0. The van der Waals surface area contributed by atoms with Crippen LogP contribution in [0.3, 0.4) is 0 Å². The number of hydrogen-bond acceptors (Lipinski definition) is 2. The van der Waals surface area contributed by atoms with E-state index in [9.17, 15) is 9.18 Å². The molecule has 0 atom stereocenters. The number of nitrogens with zero attached hydrogens (tertiary/aromatic N) is 1. The molecule has 0 bridgehead atoms. The van der Waals surface area contributed by atoms with Crippen LogP contribution in [-0.4, -0.2) is 12.2 Å². The fraction of sp³-hybridized carbons (Fsp3) is 0.111. The fourth-order valence-electron chi connectivity index (χ4n) is 0.995. The highest BCUT2D eigenvalue weighted by atomic mass is 127. The van der Waals surface area contributed by atoms with Crippen LogP contribution in [0.25, 0.3) is 0 Å². The van der Waals surface area contributed by atoms with Crippen LogP contribution in [0.5, 0.6) is 0 Å². The smallest absolute Gasteiger partial charge is 0.332 e. The van der Waals surface area contributed by atoms with Crippen LogP contribution in [-0.2, 0) is 5.33 Å². The molecule has 1 aromatic carbocycles. The molecule has 0 saturated heterocycles. The van der Waals surface area contributed by atoms with E-state index in [4.69, 9.17) is 5.73 Å². The molecule has 3 N–H and O–H groups in total. The van der Waals surface area contributed by atoms with E-state index < -0.39 is 6.03 Å². The topological polar surface area (TPSA) is 67.5 Å². The van der Waals surface area contributed by atoms with E-state index in [1.807, 2.05) is 28.0 Å². The third-order valence-corrected chi connectivity index (χ3v) is 3.21. The summed E-state index contributed by atoms with van der Waals surface area (Å²) in [6.07, 6.45) is 1.33. The largest absolute Gasteiger partial charge is 0.350 e. The summed E-state index contributed by atoms with van der Waals surface area (Å²) in [6, 6.07) is 2.33. The number of halogens is 3. The van der Waals surface area contributed by atoms with Crippen molar-refractivity contribution in [3.8, 4) is 0 Å². The first-order valence-electron chi connectivity index (χ1n) is 4.17. The Kier molecular flexibility index (Phi) is 5.13. The van der Waals surface area contributed by atoms with E-state index in [2.05, 4.69) is 21.0 Å². The molecule has 16 heavy (non-hydrogen) atoms. The molecule has 0 saturated carbocycles. The third-order valence-electron chi connectivity index (χ3n) is 1.69. The van der Waals surface area contributed by atoms with Crippen molar-refractivity contribution in [1.29, 1.82) is 0 Å². The van der Waals surface area contributed by atoms with Crippen molar-refractivity contribution in [1.82, 2.24) is 5.43 Å². The van der Waals surface area contributed by atoms with Gasteiger partial charge in [0.15, 0.2) is 0 Å². The molecule has 0 aliphatic carbocycles. The molecule has 0 fully saturated rings. The summed E-state index contributed by atoms with van der Waals surface area (Å²) in [5.41, 5.74) is 8.01. The first-order valence-corrected chi connectivity index (χ1v) is 6.37. The quantitative estimate of drug-likeness (QED) is 0.348. The molecular formula is C9H8BrFIN3O. The second kappa shape index (κ2) is 6.14. The fourth-order valence-corrected chi connectivity index (χ4v) is 2.90. The number of nitrogens with two attached hydrogens (primary N) is 1. The molecule has 0 aliphatic heterocycles. The van der Waals surface area contributed by atoms with Crippen LogP contribution >= 0.6 is 38.5 Å². The van der Waals surface area contributed by atoms with Gasteiger partial charge in [-0.05, 0) is 40.3 Å². The number of rotatable bonds is 3. The number of nitrogens with one attached hydrogen (secondary N) is 1. The summed E-state index contributed by atoms with van der Waals surface area (Å²) in [5, 5.41) is 4.00. The lowest BCUT2D eigenvalue weighted by molar-refractivity contribution is 0.249. The molecule has 0 spiro atoms. The summed E-state index contributed by atoms with van der Waals surface area (Å²) < 4.78 is 14.3. The lowest BCUT2D eigenvalue weighted by Gasteiger charge is -2.03. The maximum atomic E-state index is 13.5. The van der Waals surface area contributed by atoms with Crippen LogP contribution < -0.4 is 11.2 Å². The molecule has 0 aliphatic rings. The van der Waals surface area contributed by atoms with Crippen LogP contribution in [0.4, 0.5) is 9.18 Å². The van der Waals surface area contributed by atoms with Crippen molar-refractivity contribution in [2.75, 3.05) is 0 Å². The van der Waals surface area contributed by atoms with Gasteiger partial charge in [0.05, 0.1) is 6.21 Å². The van der Waals surface area contributed by atoms with E-state index in [1.165, 1.54) is 12.3 Å². The number of hydrogen-bond donors (Lipinski definition) is 2. The molecule has 0 heterocycles. The lowest BCUT2D eigenvalue weighted by atomic mass is 10.1. The Morgan fingerprint density at radius 2 is 2.38 bits per heavy atom. The van der Waals surface area contributed by atoms with Gasteiger partial charge in [0.1, 0.15) is 5.82 Å². The van der Waals surface area contributed by atoms with Crippen molar-refractivity contribution in [2.45, 2.75) is 5.33 Å². The molecule has 0 radical (unpaired) electrons. The van der Waals surface area contributed by atoms with Gasteiger partial charge in [-0.15, -0.1) is 0 Å². The number of primary amides is 1. The Balaban J connectivity index is 2.91. The van der Waals surface area contributed by atoms with Gasteiger partial charge < -0.3 is 5.73 Å². The van der Waals surface area contributed by atoms with E-state index in [1.54, 1.807) is 6.07 Å². The number of carbonyl (C=O) groups excluding carboxylic acids is 1.